The molecule has 0 N–H and O–H groups in total. The molecule has 6 heteroatoms. The number of aliphatic imine (C=N–C) groups is 1. The number of hydrogen-bond acceptors (Lipinski definition) is 6. The Bertz CT molecular complexity index is 839. The summed E-state index contributed by atoms with van der Waals surface area (Å²) >= 11 is 1.75. The number of fused-ring (bicyclic) bond motifs is 2. The highest BCUT2D eigenvalue weighted by atomic mass is 32.2. The fourth-order valence-corrected chi connectivity index (χ4v) is 5.13. The number of thioether (sulfide) groups is 1. The van der Waals surface area contributed by atoms with Crippen LogP contribution >= 0.6 is 11.8 Å². The van der Waals surface area contributed by atoms with Crippen molar-refractivity contribution < 1.29 is 14.3 Å². The lowest BCUT2D eigenvalue weighted by Gasteiger charge is -2.36. The average Bonchev–Trinajstić information content (AvgIpc) is 3.04. The van der Waals surface area contributed by atoms with Crippen molar-refractivity contribution in [2.75, 3.05) is 14.2 Å². The number of benzene rings is 1. The van der Waals surface area contributed by atoms with Crippen molar-refractivity contribution in [1.29, 1.82) is 0 Å². The normalized spacial score (nSPS) is 22.0. The first-order chi connectivity index (χ1) is 12.6. The molecule has 2 aliphatic heterocycles. The van der Waals surface area contributed by atoms with Crippen LogP contribution in [0.15, 0.2) is 51.1 Å². The molecule has 0 aromatic heterocycles. The molecule has 2 heterocycles. The number of hydrogen-bond donors (Lipinski definition) is 0. The summed E-state index contributed by atoms with van der Waals surface area (Å²) in [5, 5.41) is 0.975. The molecule has 1 atom stereocenters. The van der Waals surface area contributed by atoms with Crippen LogP contribution in [0, 0.1) is 0 Å². The predicted octanol–water partition coefficient (Wildman–Crippen LogP) is 4.39. The van der Waals surface area contributed by atoms with E-state index in [4.69, 9.17) is 14.5 Å². The van der Waals surface area contributed by atoms with Crippen LogP contribution in [0.1, 0.15) is 44.2 Å². The minimum Gasteiger partial charge on any atom is -0.497 e. The predicted molar refractivity (Wildman–Crippen MR) is 103 cm³/mol. The zero-order chi connectivity index (χ0) is 18.3. The molecular weight excluding hydrogens is 348 g/mol. The second-order valence-electron chi connectivity index (χ2n) is 6.61. The lowest BCUT2D eigenvalue weighted by molar-refractivity contribution is -0.136. The Morgan fingerprint density at radius 1 is 1.19 bits per heavy atom. The van der Waals surface area contributed by atoms with Gasteiger partial charge in [0.1, 0.15) is 5.75 Å². The highest BCUT2D eigenvalue weighted by Crippen LogP contribution is 2.51. The van der Waals surface area contributed by atoms with Gasteiger partial charge >= 0.3 is 5.97 Å². The summed E-state index contributed by atoms with van der Waals surface area (Å²) in [6.07, 6.45) is 4.52. The van der Waals surface area contributed by atoms with Crippen LogP contribution in [0.4, 0.5) is 0 Å². The lowest BCUT2D eigenvalue weighted by Crippen LogP contribution is -2.36. The monoisotopic (exact) mass is 370 g/mol. The van der Waals surface area contributed by atoms with Gasteiger partial charge in [-0.15, -0.1) is 0 Å². The smallest absolute Gasteiger partial charge is 0.338 e. The Labute approximate surface area is 157 Å². The third-order valence-electron chi connectivity index (χ3n) is 5.12. The zero-order valence-electron chi connectivity index (χ0n) is 15.2. The third-order valence-corrected chi connectivity index (χ3v) is 6.28. The van der Waals surface area contributed by atoms with Crippen molar-refractivity contribution in [2.24, 2.45) is 4.99 Å². The van der Waals surface area contributed by atoms with Gasteiger partial charge in [-0.25, -0.2) is 9.79 Å². The maximum Gasteiger partial charge on any atom is 0.338 e. The van der Waals surface area contributed by atoms with Crippen LogP contribution in [0.2, 0.25) is 0 Å². The van der Waals surface area contributed by atoms with Gasteiger partial charge in [-0.3, -0.25) is 0 Å². The molecule has 1 aromatic carbocycles. The van der Waals surface area contributed by atoms with Gasteiger partial charge in [-0.05, 0) is 50.3 Å². The van der Waals surface area contributed by atoms with Gasteiger partial charge in [-0.2, -0.15) is 0 Å². The van der Waals surface area contributed by atoms with E-state index in [0.717, 1.165) is 35.0 Å². The fraction of sp³-hybridized carbons (Fsp3) is 0.400. The van der Waals surface area contributed by atoms with E-state index < -0.39 is 0 Å². The number of allylic oxidation sites excluding steroid dienone is 3. The Morgan fingerprint density at radius 3 is 2.62 bits per heavy atom. The summed E-state index contributed by atoms with van der Waals surface area (Å²) in [5.41, 5.74) is 3.70. The first kappa shape index (κ1) is 17.2. The minimum atomic E-state index is -0.319. The first-order valence-electron chi connectivity index (χ1n) is 8.85. The molecule has 0 unspecified atom stereocenters. The molecule has 3 aliphatic rings. The lowest BCUT2D eigenvalue weighted by atomic mass is 9.92. The van der Waals surface area contributed by atoms with Crippen molar-refractivity contribution in [1.82, 2.24) is 4.90 Å². The van der Waals surface area contributed by atoms with E-state index >= 15 is 0 Å². The summed E-state index contributed by atoms with van der Waals surface area (Å²) in [7, 11) is 3.08. The second-order valence-corrected chi connectivity index (χ2v) is 7.67. The van der Waals surface area contributed by atoms with Crippen molar-refractivity contribution in [3.63, 3.8) is 0 Å². The van der Waals surface area contributed by atoms with Crippen molar-refractivity contribution >= 4 is 22.9 Å². The van der Waals surface area contributed by atoms with Gasteiger partial charge in [0, 0.05) is 10.6 Å². The van der Waals surface area contributed by atoms with Gasteiger partial charge < -0.3 is 14.4 Å². The van der Waals surface area contributed by atoms with Crippen LogP contribution in [0.5, 0.6) is 5.75 Å². The van der Waals surface area contributed by atoms with Gasteiger partial charge in [0.05, 0.1) is 31.5 Å². The number of amidine groups is 1. The van der Waals surface area contributed by atoms with E-state index in [2.05, 4.69) is 4.90 Å². The number of nitrogens with zero attached hydrogens (tertiary/aromatic N) is 2. The van der Waals surface area contributed by atoms with Crippen LogP contribution in [0.3, 0.4) is 0 Å². The topological polar surface area (TPSA) is 51.1 Å². The van der Waals surface area contributed by atoms with Crippen LogP contribution in [0.25, 0.3) is 0 Å². The summed E-state index contributed by atoms with van der Waals surface area (Å²) in [6, 6.07) is 7.71. The van der Waals surface area contributed by atoms with Gasteiger partial charge in [0.15, 0.2) is 5.17 Å². The maximum atomic E-state index is 12.6. The molecule has 0 bridgehead atoms. The quantitative estimate of drug-likeness (QED) is 0.739. The molecule has 0 fully saturated rings. The zero-order valence-corrected chi connectivity index (χ0v) is 16.1. The summed E-state index contributed by atoms with van der Waals surface area (Å²) in [4.78, 5) is 21.0. The van der Waals surface area contributed by atoms with E-state index in [-0.39, 0.29) is 12.0 Å². The molecule has 0 amide bonds. The molecule has 1 aliphatic carbocycles. The molecule has 26 heavy (non-hydrogen) atoms. The molecule has 5 nitrogen and oxygen atoms in total. The van der Waals surface area contributed by atoms with Crippen LogP contribution in [-0.4, -0.2) is 30.3 Å². The van der Waals surface area contributed by atoms with E-state index in [1.807, 2.05) is 31.2 Å². The number of rotatable bonds is 3. The molecule has 4 rings (SSSR count). The van der Waals surface area contributed by atoms with Gasteiger partial charge in [0.2, 0.25) is 0 Å². The fourth-order valence-electron chi connectivity index (χ4n) is 3.85. The molecule has 1 aromatic rings. The SMILES string of the molecule is COC(=O)C1=C(C)N=C2SC3=C(CCCC3)N2[C@@H]1c1ccc(OC)cc1. The molecule has 0 spiro atoms. The second kappa shape index (κ2) is 6.83. The van der Waals surface area contributed by atoms with E-state index in [1.165, 1.54) is 30.6 Å². The van der Waals surface area contributed by atoms with E-state index in [1.54, 1.807) is 18.9 Å². The first-order valence-corrected chi connectivity index (χ1v) is 9.66. The summed E-state index contributed by atoms with van der Waals surface area (Å²) in [6.45, 7) is 1.89. The van der Waals surface area contributed by atoms with Gasteiger partial charge in [0.25, 0.3) is 0 Å². The van der Waals surface area contributed by atoms with Crippen LogP contribution < -0.4 is 4.74 Å². The summed E-state index contributed by atoms with van der Waals surface area (Å²) in [5.74, 6) is 0.480. The number of carbonyl (C=O) groups excluding carboxylic acids is 1. The molecule has 0 saturated carbocycles. The number of esters is 1. The Kier molecular flexibility index (Phi) is 4.53. The summed E-state index contributed by atoms with van der Waals surface area (Å²) < 4.78 is 10.4. The van der Waals surface area contributed by atoms with E-state index in [9.17, 15) is 4.79 Å². The molecular formula is C20H22N2O3S. The Hall–Kier alpha value is -2.21. The number of ether oxygens (including phenoxy) is 2. The maximum absolute atomic E-state index is 12.6. The highest BCUT2D eigenvalue weighted by molar-refractivity contribution is 8.17. The van der Waals surface area contributed by atoms with Crippen molar-refractivity contribution in [2.45, 2.75) is 38.6 Å². The van der Waals surface area contributed by atoms with Crippen LogP contribution in [-0.2, 0) is 9.53 Å². The minimum absolute atomic E-state index is 0.209. The molecule has 0 saturated heterocycles. The highest BCUT2D eigenvalue weighted by Gasteiger charge is 2.43. The molecule has 0 radical (unpaired) electrons. The average molecular weight is 370 g/mol. The number of carbonyl (C=O) groups is 1. The molecule has 136 valence electrons. The van der Waals surface area contributed by atoms with Crippen molar-refractivity contribution in [3.05, 3.63) is 51.7 Å². The van der Waals surface area contributed by atoms with Gasteiger partial charge in [-0.1, -0.05) is 23.9 Å². The standard InChI is InChI=1S/C20H22N2O3S/c1-12-17(19(23)25-3)18(13-8-10-14(24-2)11-9-13)22-15-6-4-5-7-16(15)26-20(22)21-12/h8-11,18H,4-7H2,1-3H3/t18-/m1/s1. The third kappa shape index (κ3) is 2.72. The number of methoxy groups -OCH3 is 2. The Balaban J connectivity index is 1.85. The Morgan fingerprint density at radius 2 is 1.92 bits per heavy atom. The van der Waals surface area contributed by atoms with E-state index in [0.29, 0.717) is 5.57 Å². The van der Waals surface area contributed by atoms with Crippen molar-refractivity contribution in [3.8, 4) is 5.75 Å². The largest absolute Gasteiger partial charge is 0.497 e.